The minimum Gasteiger partial charge on any atom is -0.399 e. The molecule has 0 saturated carbocycles. The van der Waals surface area contributed by atoms with Crippen LogP contribution in [0.2, 0.25) is 0 Å². The van der Waals surface area contributed by atoms with Gasteiger partial charge in [-0.3, -0.25) is 0 Å². The van der Waals surface area contributed by atoms with Crippen molar-refractivity contribution >= 4 is 11.4 Å². The zero-order valence-electron chi connectivity index (χ0n) is 8.77. The van der Waals surface area contributed by atoms with Crippen LogP contribution in [0.15, 0.2) is 48.5 Å². The molecule has 0 aromatic heterocycles. The molecule has 0 aliphatic heterocycles. The van der Waals surface area contributed by atoms with Crippen molar-refractivity contribution in [3.63, 3.8) is 0 Å². The average Bonchev–Trinajstić information content (AvgIpc) is 2.29. The molecule has 0 aliphatic carbocycles. The van der Waals surface area contributed by atoms with Gasteiger partial charge in [0.05, 0.1) is 0 Å². The van der Waals surface area contributed by atoms with Crippen LogP contribution in [0.1, 0.15) is 11.1 Å². The van der Waals surface area contributed by atoms with Crippen LogP contribution in [0.3, 0.4) is 0 Å². The molecule has 78 valence electrons. The van der Waals surface area contributed by atoms with Gasteiger partial charge in [0.25, 0.3) is 0 Å². The van der Waals surface area contributed by atoms with Crippen molar-refractivity contribution in [2.24, 2.45) is 0 Å². The zero-order valence-corrected chi connectivity index (χ0v) is 8.77. The lowest BCUT2D eigenvalue weighted by Crippen LogP contribution is -1.93. The van der Waals surface area contributed by atoms with Crippen molar-refractivity contribution in [1.29, 1.82) is 0 Å². The van der Waals surface area contributed by atoms with Crippen LogP contribution in [0.5, 0.6) is 0 Å². The van der Waals surface area contributed by atoms with Gasteiger partial charge in [0, 0.05) is 22.5 Å². The Morgan fingerprint density at radius 3 is 2.25 bits per heavy atom. The van der Waals surface area contributed by atoms with Crippen molar-refractivity contribution in [2.75, 3.05) is 11.5 Å². The van der Waals surface area contributed by atoms with Crippen LogP contribution < -0.4 is 11.5 Å². The maximum Gasteiger partial charge on any atom is 0.0493 e. The highest BCUT2D eigenvalue weighted by atomic mass is 14.6. The third kappa shape index (κ3) is 2.34. The van der Waals surface area contributed by atoms with E-state index in [9.17, 15) is 0 Å². The molecule has 2 aromatic carbocycles. The summed E-state index contributed by atoms with van der Waals surface area (Å²) in [6, 6.07) is 15.1. The Kier molecular flexibility index (Phi) is 2.79. The number of hydrogen-bond donors (Lipinski definition) is 2. The summed E-state index contributed by atoms with van der Waals surface area (Å²) >= 11 is 0. The molecular formula is C14H12N2. The predicted molar refractivity (Wildman–Crippen MR) is 67.7 cm³/mol. The van der Waals surface area contributed by atoms with Crippen molar-refractivity contribution in [1.82, 2.24) is 0 Å². The molecule has 2 aromatic rings. The van der Waals surface area contributed by atoms with E-state index in [4.69, 9.17) is 11.5 Å². The molecule has 0 saturated heterocycles. The van der Waals surface area contributed by atoms with Crippen LogP contribution >= 0.6 is 0 Å². The number of nitrogens with two attached hydrogens (primary N) is 2. The fourth-order valence-electron chi connectivity index (χ4n) is 1.36. The first-order valence-electron chi connectivity index (χ1n) is 4.98. The number of rotatable bonds is 0. The standard InChI is InChI=1S/C14H12N2/c15-13-9-8-12(14(16)10-13)7-6-11-4-2-1-3-5-11/h1-5,8-10H,15-16H2. The van der Waals surface area contributed by atoms with Gasteiger partial charge in [-0.05, 0) is 30.3 Å². The third-order valence-corrected chi connectivity index (χ3v) is 2.19. The van der Waals surface area contributed by atoms with Gasteiger partial charge in [0.1, 0.15) is 0 Å². The Morgan fingerprint density at radius 1 is 0.812 bits per heavy atom. The van der Waals surface area contributed by atoms with Gasteiger partial charge in [0.15, 0.2) is 0 Å². The van der Waals surface area contributed by atoms with Crippen LogP contribution in [0.4, 0.5) is 11.4 Å². The van der Waals surface area contributed by atoms with Gasteiger partial charge in [-0.25, -0.2) is 0 Å². The maximum absolute atomic E-state index is 5.80. The Hall–Kier alpha value is -2.40. The molecule has 0 radical (unpaired) electrons. The highest BCUT2D eigenvalue weighted by Crippen LogP contribution is 2.14. The summed E-state index contributed by atoms with van der Waals surface area (Å²) in [6.07, 6.45) is 0. The van der Waals surface area contributed by atoms with E-state index in [0.29, 0.717) is 11.4 Å². The Labute approximate surface area is 94.9 Å². The first kappa shape index (κ1) is 10.1. The molecule has 0 aliphatic rings. The molecule has 16 heavy (non-hydrogen) atoms. The number of hydrogen-bond acceptors (Lipinski definition) is 2. The molecule has 0 heterocycles. The van der Waals surface area contributed by atoms with Crippen LogP contribution in [0, 0.1) is 11.8 Å². The fourth-order valence-corrected chi connectivity index (χ4v) is 1.36. The summed E-state index contributed by atoms with van der Waals surface area (Å²) < 4.78 is 0. The number of anilines is 2. The lowest BCUT2D eigenvalue weighted by atomic mass is 10.1. The topological polar surface area (TPSA) is 52.0 Å². The second-order valence-electron chi connectivity index (χ2n) is 3.46. The van der Waals surface area contributed by atoms with Gasteiger partial charge in [0.2, 0.25) is 0 Å². The molecule has 0 unspecified atom stereocenters. The third-order valence-electron chi connectivity index (χ3n) is 2.19. The molecule has 0 atom stereocenters. The summed E-state index contributed by atoms with van der Waals surface area (Å²) in [4.78, 5) is 0. The Morgan fingerprint density at radius 2 is 1.56 bits per heavy atom. The molecule has 0 fully saturated rings. The van der Waals surface area contributed by atoms with E-state index >= 15 is 0 Å². The lowest BCUT2D eigenvalue weighted by Gasteiger charge is -1.98. The lowest BCUT2D eigenvalue weighted by molar-refractivity contribution is 1.61. The van der Waals surface area contributed by atoms with Gasteiger partial charge in [-0.1, -0.05) is 30.0 Å². The Balaban J connectivity index is 2.31. The monoisotopic (exact) mass is 208 g/mol. The molecule has 0 spiro atoms. The van der Waals surface area contributed by atoms with Crippen molar-refractivity contribution in [3.05, 3.63) is 59.7 Å². The molecule has 2 nitrogen and oxygen atoms in total. The summed E-state index contributed by atoms with van der Waals surface area (Å²) in [5.41, 5.74) is 14.5. The van der Waals surface area contributed by atoms with Crippen LogP contribution in [-0.2, 0) is 0 Å². The SMILES string of the molecule is Nc1ccc(C#Cc2ccccc2)c(N)c1. The number of nitrogen functional groups attached to an aromatic ring is 2. The zero-order chi connectivity index (χ0) is 11.4. The van der Waals surface area contributed by atoms with E-state index in [1.54, 1.807) is 12.1 Å². The smallest absolute Gasteiger partial charge is 0.0493 e. The van der Waals surface area contributed by atoms with E-state index in [0.717, 1.165) is 11.1 Å². The van der Waals surface area contributed by atoms with Crippen LogP contribution in [-0.4, -0.2) is 0 Å². The second-order valence-corrected chi connectivity index (χ2v) is 3.46. The minimum atomic E-state index is 0.614. The van der Waals surface area contributed by atoms with E-state index in [1.165, 1.54) is 0 Å². The van der Waals surface area contributed by atoms with Gasteiger partial charge in [-0.2, -0.15) is 0 Å². The quantitative estimate of drug-likeness (QED) is 0.515. The molecular weight excluding hydrogens is 196 g/mol. The van der Waals surface area contributed by atoms with E-state index in [-0.39, 0.29) is 0 Å². The molecule has 0 bridgehead atoms. The summed E-state index contributed by atoms with van der Waals surface area (Å²) in [5.74, 6) is 6.08. The van der Waals surface area contributed by atoms with Crippen molar-refractivity contribution in [2.45, 2.75) is 0 Å². The van der Waals surface area contributed by atoms with Gasteiger partial charge >= 0.3 is 0 Å². The van der Waals surface area contributed by atoms with E-state index in [2.05, 4.69) is 11.8 Å². The first-order valence-corrected chi connectivity index (χ1v) is 4.98. The fraction of sp³-hybridized carbons (Fsp3) is 0. The first-order chi connectivity index (χ1) is 7.75. The van der Waals surface area contributed by atoms with Crippen molar-refractivity contribution in [3.8, 4) is 11.8 Å². The van der Waals surface area contributed by atoms with Gasteiger partial charge < -0.3 is 11.5 Å². The van der Waals surface area contributed by atoms with Gasteiger partial charge in [-0.15, -0.1) is 0 Å². The highest BCUT2D eigenvalue weighted by Gasteiger charge is 1.94. The maximum atomic E-state index is 5.80. The molecule has 4 N–H and O–H groups in total. The number of benzene rings is 2. The molecule has 2 heteroatoms. The largest absolute Gasteiger partial charge is 0.399 e. The summed E-state index contributed by atoms with van der Waals surface area (Å²) in [7, 11) is 0. The van der Waals surface area contributed by atoms with Crippen molar-refractivity contribution < 1.29 is 0 Å². The van der Waals surface area contributed by atoms with Crippen LogP contribution in [0.25, 0.3) is 0 Å². The van der Waals surface area contributed by atoms with E-state index in [1.807, 2.05) is 36.4 Å². The molecule has 2 rings (SSSR count). The molecule has 0 amide bonds. The highest BCUT2D eigenvalue weighted by molar-refractivity contribution is 5.63. The normalized spacial score (nSPS) is 9.25. The Bertz CT molecular complexity index is 548. The predicted octanol–water partition coefficient (Wildman–Crippen LogP) is 2.25. The second kappa shape index (κ2) is 4.41. The summed E-state index contributed by atoms with van der Waals surface area (Å²) in [5, 5.41) is 0. The average molecular weight is 208 g/mol. The minimum absolute atomic E-state index is 0.614. The summed E-state index contributed by atoms with van der Waals surface area (Å²) in [6.45, 7) is 0. The van der Waals surface area contributed by atoms with E-state index < -0.39 is 0 Å².